The first kappa shape index (κ1) is 28.5. The molecule has 37 heavy (non-hydrogen) atoms. The summed E-state index contributed by atoms with van der Waals surface area (Å²) in [4.78, 5) is 24.4. The van der Waals surface area contributed by atoms with Crippen LogP contribution in [0.25, 0.3) is 0 Å². The number of amides is 3. The van der Waals surface area contributed by atoms with Gasteiger partial charge in [0.2, 0.25) is 0 Å². The van der Waals surface area contributed by atoms with E-state index in [0.29, 0.717) is 30.6 Å². The van der Waals surface area contributed by atoms with Crippen molar-refractivity contribution >= 4 is 17.6 Å². The van der Waals surface area contributed by atoms with Crippen molar-refractivity contribution in [1.29, 1.82) is 0 Å². The lowest BCUT2D eigenvalue weighted by molar-refractivity contribution is -0.115. The zero-order valence-corrected chi connectivity index (χ0v) is 20.5. The molecule has 1 saturated heterocycles. The van der Waals surface area contributed by atoms with Crippen LogP contribution < -0.4 is 15.5 Å². The molecule has 0 spiro atoms. The number of hydrogen-bond donors (Lipinski definition) is 5. The Morgan fingerprint density at radius 3 is 2.62 bits per heavy atom. The highest BCUT2D eigenvalue weighted by Gasteiger charge is 2.35. The third-order valence-corrected chi connectivity index (χ3v) is 6.04. The van der Waals surface area contributed by atoms with E-state index in [4.69, 9.17) is 4.74 Å². The second-order valence-electron chi connectivity index (χ2n) is 8.88. The van der Waals surface area contributed by atoms with E-state index in [2.05, 4.69) is 10.6 Å². The van der Waals surface area contributed by atoms with Gasteiger partial charge in [-0.1, -0.05) is 31.0 Å². The van der Waals surface area contributed by atoms with Gasteiger partial charge >= 0.3 is 6.03 Å². The number of nitrogens with zero attached hydrogens (tertiary/aromatic N) is 1. The molecule has 0 aliphatic carbocycles. The number of alkyl halides is 2. The molecule has 1 heterocycles. The lowest BCUT2D eigenvalue weighted by Crippen LogP contribution is -2.31. The minimum absolute atomic E-state index is 0.0148. The molecule has 0 saturated carbocycles. The summed E-state index contributed by atoms with van der Waals surface area (Å²) >= 11 is 0. The number of unbranched alkanes of at least 4 members (excludes halogenated alkanes) is 3. The molecule has 2 aromatic carbocycles. The Kier molecular flexibility index (Phi) is 10.3. The Morgan fingerprint density at radius 1 is 1.11 bits per heavy atom. The number of hydrogen-bond acceptors (Lipinski definition) is 7. The first-order valence-electron chi connectivity index (χ1n) is 12.2. The third kappa shape index (κ3) is 7.93. The summed E-state index contributed by atoms with van der Waals surface area (Å²) in [5.74, 6) is -3.78. The van der Waals surface area contributed by atoms with Gasteiger partial charge in [0.1, 0.15) is 12.4 Å². The Morgan fingerprint density at radius 2 is 1.89 bits per heavy atom. The number of aliphatic hydroxyl groups is 2. The van der Waals surface area contributed by atoms with E-state index in [1.807, 2.05) is 0 Å². The number of anilines is 1. The molecule has 0 bridgehead atoms. The summed E-state index contributed by atoms with van der Waals surface area (Å²) in [6, 6.07) is 9.15. The lowest BCUT2D eigenvalue weighted by atomic mass is 10.1. The van der Waals surface area contributed by atoms with Gasteiger partial charge in [0.25, 0.3) is 11.8 Å². The number of carbonyl (C=O) groups excluding carboxylic acids is 2. The largest absolute Gasteiger partial charge is 0.508 e. The molecule has 1 aliphatic heterocycles. The van der Waals surface area contributed by atoms with E-state index >= 15 is 0 Å². The smallest absolute Gasteiger partial charge is 0.329 e. The van der Waals surface area contributed by atoms with Gasteiger partial charge in [-0.05, 0) is 49.2 Å². The zero-order chi connectivity index (χ0) is 26.8. The van der Waals surface area contributed by atoms with Crippen LogP contribution in [0, 0.1) is 0 Å². The second kappa shape index (κ2) is 13.4. The van der Waals surface area contributed by atoms with E-state index in [0.717, 1.165) is 30.2 Å². The molecule has 9 nitrogen and oxygen atoms in total. The Bertz CT molecular complexity index is 1050. The summed E-state index contributed by atoms with van der Waals surface area (Å²) < 4.78 is 34.4. The van der Waals surface area contributed by atoms with E-state index in [1.165, 1.54) is 24.3 Å². The Balaban J connectivity index is 1.29. The summed E-state index contributed by atoms with van der Waals surface area (Å²) in [5.41, 5.74) is 0.727. The Hall–Kier alpha value is -3.12. The van der Waals surface area contributed by atoms with Crippen molar-refractivity contribution in [3.63, 3.8) is 0 Å². The average Bonchev–Trinajstić information content (AvgIpc) is 3.22. The van der Waals surface area contributed by atoms with Gasteiger partial charge in [-0.3, -0.25) is 4.79 Å². The number of imide groups is 1. The fourth-order valence-electron chi connectivity index (χ4n) is 3.94. The van der Waals surface area contributed by atoms with Gasteiger partial charge in [0.05, 0.1) is 24.9 Å². The number of urea groups is 1. The predicted molar refractivity (Wildman–Crippen MR) is 132 cm³/mol. The van der Waals surface area contributed by atoms with E-state index in [9.17, 15) is 33.7 Å². The molecule has 1 fully saturated rings. The van der Waals surface area contributed by atoms with E-state index in [-0.39, 0.29) is 36.8 Å². The second-order valence-corrected chi connectivity index (χ2v) is 8.88. The SMILES string of the molecule is O=C1CNC(=O)N1c1cccc(C(F)(F)COCCCCCCNCC(O)c2ccc(O)c(CO)c2)c1. The molecule has 1 unspecified atom stereocenters. The first-order valence-corrected chi connectivity index (χ1v) is 12.2. The van der Waals surface area contributed by atoms with Gasteiger partial charge in [0, 0.05) is 24.3 Å². The maximum absolute atomic E-state index is 14.6. The molecule has 3 amide bonds. The van der Waals surface area contributed by atoms with Gasteiger partial charge in [0.15, 0.2) is 0 Å². The molecule has 0 aromatic heterocycles. The highest BCUT2D eigenvalue weighted by Crippen LogP contribution is 2.31. The zero-order valence-electron chi connectivity index (χ0n) is 20.5. The van der Waals surface area contributed by atoms with Crippen LogP contribution in [-0.2, 0) is 22.1 Å². The maximum atomic E-state index is 14.6. The first-order chi connectivity index (χ1) is 17.7. The fraction of sp³-hybridized carbons (Fsp3) is 0.462. The molecule has 1 aliphatic rings. The summed E-state index contributed by atoms with van der Waals surface area (Å²) in [6.07, 6.45) is 2.36. The molecule has 2 aromatic rings. The summed E-state index contributed by atoms with van der Waals surface area (Å²) in [7, 11) is 0. The average molecular weight is 522 g/mol. The number of carbonyl (C=O) groups is 2. The van der Waals surface area contributed by atoms with Crippen LogP contribution in [0.2, 0.25) is 0 Å². The summed E-state index contributed by atoms with van der Waals surface area (Å²) in [5, 5.41) is 34.5. The molecular formula is C26H33F2N3O6. The number of halogens is 2. The van der Waals surface area contributed by atoms with Crippen molar-refractivity contribution in [3.8, 4) is 5.75 Å². The van der Waals surface area contributed by atoms with Crippen LogP contribution in [0.4, 0.5) is 19.3 Å². The number of rotatable bonds is 15. The van der Waals surface area contributed by atoms with Crippen LogP contribution >= 0.6 is 0 Å². The number of benzene rings is 2. The normalized spacial score (nSPS) is 14.8. The topological polar surface area (TPSA) is 131 Å². The van der Waals surface area contributed by atoms with Crippen molar-refractivity contribution in [2.24, 2.45) is 0 Å². The molecule has 0 radical (unpaired) electrons. The van der Waals surface area contributed by atoms with Crippen LogP contribution in [0.1, 0.15) is 48.5 Å². The minimum Gasteiger partial charge on any atom is -0.508 e. The maximum Gasteiger partial charge on any atom is 0.329 e. The van der Waals surface area contributed by atoms with Gasteiger partial charge in [-0.25, -0.2) is 9.69 Å². The fourth-order valence-corrected chi connectivity index (χ4v) is 3.94. The van der Waals surface area contributed by atoms with Crippen molar-refractivity contribution in [3.05, 3.63) is 59.2 Å². The Labute approximate surface area is 214 Å². The van der Waals surface area contributed by atoms with E-state index < -0.39 is 30.6 Å². The van der Waals surface area contributed by atoms with Crippen molar-refractivity contribution in [1.82, 2.24) is 10.6 Å². The number of nitrogens with one attached hydrogen (secondary N) is 2. The number of ether oxygens (including phenoxy) is 1. The molecule has 202 valence electrons. The van der Waals surface area contributed by atoms with Crippen LogP contribution in [0.5, 0.6) is 5.75 Å². The van der Waals surface area contributed by atoms with Crippen LogP contribution in [-0.4, -0.2) is 60.1 Å². The highest BCUT2D eigenvalue weighted by molar-refractivity contribution is 6.19. The molecule has 5 N–H and O–H groups in total. The van der Waals surface area contributed by atoms with E-state index in [1.54, 1.807) is 12.1 Å². The van der Waals surface area contributed by atoms with Crippen LogP contribution in [0.3, 0.4) is 0 Å². The molecular weight excluding hydrogens is 488 g/mol. The molecule has 11 heteroatoms. The van der Waals surface area contributed by atoms with Crippen molar-refractivity contribution in [2.45, 2.75) is 44.3 Å². The van der Waals surface area contributed by atoms with Crippen molar-refractivity contribution in [2.75, 3.05) is 37.7 Å². The lowest BCUT2D eigenvalue weighted by Gasteiger charge is -2.19. The monoisotopic (exact) mass is 521 g/mol. The third-order valence-electron chi connectivity index (χ3n) is 6.04. The number of phenols is 1. The van der Waals surface area contributed by atoms with Crippen LogP contribution in [0.15, 0.2) is 42.5 Å². The summed E-state index contributed by atoms with van der Waals surface area (Å²) in [6.45, 7) is -0.0872. The predicted octanol–water partition coefficient (Wildman–Crippen LogP) is 2.93. The molecule has 1 atom stereocenters. The number of aliphatic hydroxyl groups excluding tert-OH is 2. The van der Waals surface area contributed by atoms with Gasteiger partial charge < -0.3 is 30.7 Å². The minimum atomic E-state index is -3.27. The van der Waals surface area contributed by atoms with Gasteiger partial charge in [-0.15, -0.1) is 0 Å². The standard InChI is InChI=1S/C26H33F2N3O6/c27-26(28,20-6-5-7-21(13-20)31-24(35)15-30-25(31)36)17-37-11-4-2-1-3-10-29-14-23(34)18-8-9-22(33)19(12-18)16-32/h5-9,12-13,23,29,32-34H,1-4,10-11,14-17H2,(H,30,36). The van der Waals surface area contributed by atoms with Gasteiger partial charge in [-0.2, -0.15) is 8.78 Å². The quantitative estimate of drug-likeness (QED) is 0.180. The molecule has 3 rings (SSSR count). The van der Waals surface area contributed by atoms with Crippen molar-refractivity contribution < 1.29 is 38.4 Å². The highest BCUT2D eigenvalue weighted by atomic mass is 19.3. The number of aromatic hydroxyl groups is 1.